The molecule has 1 aromatic carbocycles. The zero-order valence-corrected chi connectivity index (χ0v) is 19.8. The molecule has 0 bridgehead atoms. The molecule has 3 rings (SSSR count). The maximum Gasteiger partial charge on any atom is 0.243 e. The number of nitrogens with zero attached hydrogens (tertiary/aromatic N) is 2. The number of amides is 1. The van der Waals surface area contributed by atoms with Crippen molar-refractivity contribution in [3.8, 4) is 17.4 Å². The number of aromatic nitrogens is 1. The Kier molecular flexibility index (Phi) is 8.48. The largest absolute Gasteiger partial charge is 0.493 e. The summed E-state index contributed by atoms with van der Waals surface area (Å²) in [5, 5.41) is 2.85. The van der Waals surface area contributed by atoms with Crippen LogP contribution in [0.25, 0.3) is 0 Å². The number of anilines is 1. The third-order valence-corrected chi connectivity index (χ3v) is 7.27. The minimum atomic E-state index is -3.72. The van der Waals surface area contributed by atoms with E-state index >= 15 is 0 Å². The maximum atomic E-state index is 13.1. The van der Waals surface area contributed by atoms with Gasteiger partial charge in [-0.15, -0.1) is 0 Å². The SMILES string of the molecule is COCCOc1ncccc1NC(=O)C1CCN(S(=O)(=O)c2ccc(OC)c(OC)c2)CC1. The molecule has 1 aliphatic rings. The van der Waals surface area contributed by atoms with Crippen LogP contribution in [-0.4, -0.2) is 71.2 Å². The van der Waals surface area contributed by atoms with Gasteiger partial charge in [0.15, 0.2) is 11.5 Å². The fourth-order valence-electron chi connectivity index (χ4n) is 3.54. The van der Waals surface area contributed by atoms with Crippen LogP contribution in [0.3, 0.4) is 0 Å². The highest BCUT2D eigenvalue weighted by atomic mass is 32.2. The van der Waals surface area contributed by atoms with Crippen LogP contribution in [-0.2, 0) is 19.6 Å². The van der Waals surface area contributed by atoms with Crippen LogP contribution in [0.1, 0.15) is 12.8 Å². The highest BCUT2D eigenvalue weighted by Crippen LogP contribution is 2.32. The van der Waals surface area contributed by atoms with Crippen molar-refractivity contribution in [3.05, 3.63) is 36.5 Å². The molecule has 1 saturated heterocycles. The van der Waals surface area contributed by atoms with Gasteiger partial charge in [0, 0.05) is 38.4 Å². The Bertz CT molecular complexity index is 1050. The first-order valence-corrected chi connectivity index (χ1v) is 11.9. The predicted octanol–water partition coefficient (Wildman–Crippen LogP) is 2.16. The van der Waals surface area contributed by atoms with E-state index in [0.29, 0.717) is 49.1 Å². The number of nitrogens with one attached hydrogen (secondary N) is 1. The van der Waals surface area contributed by atoms with Crippen LogP contribution in [0, 0.1) is 5.92 Å². The summed E-state index contributed by atoms with van der Waals surface area (Å²) in [6.45, 7) is 1.18. The second-order valence-corrected chi connectivity index (χ2v) is 9.32. The molecule has 0 radical (unpaired) electrons. The Morgan fingerprint density at radius 1 is 1.09 bits per heavy atom. The van der Waals surface area contributed by atoms with Gasteiger partial charge in [-0.3, -0.25) is 4.79 Å². The number of hydrogen-bond acceptors (Lipinski definition) is 8. The average molecular weight is 480 g/mol. The first kappa shape index (κ1) is 24.7. The number of carbonyl (C=O) groups is 1. The Labute approximate surface area is 193 Å². The third kappa shape index (κ3) is 5.92. The van der Waals surface area contributed by atoms with E-state index in [9.17, 15) is 13.2 Å². The van der Waals surface area contributed by atoms with Crippen molar-refractivity contribution in [1.29, 1.82) is 0 Å². The molecule has 0 unspecified atom stereocenters. The van der Waals surface area contributed by atoms with E-state index in [1.807, 2.05) is 0 Å². The lowest BCUT2D eigenvalue weighted by atomic mass is 9.97. The molecule has 11 heteroatoms. The molecular weight excluding hydrogens is 450 g/mol. The normalized spacial score (nSPS) is 15.1. The Balaban J connectivity index is 1.62. The van der Waals surface area contributed by atoms with Crippen LogP contribution in [0.2, 0.25) is 0 Å². The number of rotatable bonds is 10. The Morgan fingerprint density at radius 2 is 1.82 bits per heavy atom. The van der Waals surface area contributed by atoms with Gasteiger partial charge in [-0.1, -0.05) is 0 Å². The first-order chi connectivity index (χ1) is 15.9. The zero-order chi connectivity index (χ0) is 23.8. The third-order valence-electron chi connectivity index (χ3n) is 5.37. The van der Waals surface area contributed by atoms with Gasteiger partial charge in [0.2, 0.25) is 21.8 Å². The van der Waals surface area contributed by atoms with Gasteiger partial charge in [0.25, 0.3) is 0 Å². The zero-order valence-electron chi connectivity index (χ0n) is 18.9. The van der Waals surface area contributed by atoms with Crippen LogP contribution >= 0.6 is 0 Å². The van der Waals surface area contributed by atoms with Crippen LogP contribution in [0.5, 0.6) is 17.4 Å². The van der Waals surface area contributed by atoms with Crippen LogP contribution < -0.4 is 19.5 Å². The number of carbonyl (C=O) groups excluding carboxylic acids is 1. The van der Waals surface area contributed by atoms with E-state index in [0.717, 1.165) is 0 Å². The number of benzene rings is 1. The summed E-state index contributed by atoms with van der Waals surface area (Å²) < 4.78 is 48.5. The lowest BCUT2D eigenvalue weighted by Crippen LogP contribution is -2.41. The maximum absolute atomic E-state index is 13.1. The van der Waals surface area contributed by atoms with Crippen molar-refractivity contribution in [2.45, 2.75) is 17.7 Å². The van der Waals surface area contributed by atoms with E-state index in [-0.39, 0.29) is 29.8 Å². The number of pyridine rings is 1. The van der Waals surface area contributed by atoms with E-state index in [2.05, 4.69) is 10.3 Å². The summed E-state index contributed by atoms with van der Waals surface area (Å²) in [7, 11) is 0.790. The van der Waals surface area contributed by atoms with Crippen molar-refractivity contribution in [3.63, 3.8) is 0 Å². The molecule has 1 amide bonds. The quantitative estimate of drug-likeness (QED) is 0.516. The molecule has 33 heavy (non-hydrogen) atoms. The molecule has 2 aromatic rings. The minimum absolute atomic E-state index is 0.122. The van der Waals surface area contributed by atoms with Gasteiger partial charge in [0.1, 0.15) is 12.3 Å². The highest BCUT2D eigenvalue weighted by Gasteiger charge is 2.33. The van der Waals surface area contributed by atoms with Gasteiger partial charge in [0.05, 0.1) is 25.7 Å². The van der Waals surface area contributed by atoms with E-state index in [4.69, 9.17) is 18.9 Å². The van der Waals surface area contributed by atoms with Gasteiger partial charge < -0.3 is 24.3 Å². The monoisotopic (exact) mass is 479 g/mol. The molecule has 10 nitrogen and oxygen atoms in total. The molecule has 1 aliphatic heterocycles. The van der Waals surface area contributed by atoms with Crippen molar-refractivity contribution in [2.75, 3.05) is 52.9 Å². The number of ether oxygens (including phenoxy) is 4. The number of methoxy groups -OCH3 is 3. The number of piperidine rings is 1. The second kappa shape index (κ2) is 11.3. The molecule has 0 saturated carbocycles. The second-order valence-electron chi connectivity index (χ2n) is 7.38. The number of hydrogen-bond donors (Lipinski definition) is 1. The molecule has 2 heterocycles. The molecule has 0 aliphatic carbocycles. The molecule has 0 spiro atoms. The topological polar surface area (TPSA) is 116 Å². The molecule has 0 atom stereocenters. The van der Waals surface area contributed by atoms with E-state index < -0.39 is 10.0 Å². The lowest BCUT2D eigenvalue weighted by molar-refractivity contribution is -0.120. The number of sulfonamides is 1. The lowest BCUT2D eigenvalue weighted by Gasteiger charge is -2.30. The Morgan fingerprint density at radius 3 is 2.48 bits per heavy atom. The predicted molar refractivity (Wildman–Crippen MR) is 121 cm³/mol. The summed E-state index contributed by atoms with van der Waals surface area (Å²) >= 11 is 0. The minimum Gasteiger partial charge on any atom is -0.493 e. The smallest absolute Gasteiger partial charge is 0.243 e. The van der Waals surface area contributed by atoms with E-state index in [1.165, 1.54) is 30.7 Å². The van der Waals surface area contributed by atoms with Gasteiger partial charge in [-0.25, -0.2) is 13.4 Å². The van der Waals surface area contributed by atoms with Crippen LogP contribution in [0.4, 0.5) is 5.69 Å². The summed E-state index contributed by atoms with van der Waals surface area (Å²) in [6.07, 6.45) is 2.38. The molecular formula is C22H29N3O7S. The van der Waals surface area contributed by atoms with Gasteiger partial charge in [-0.2, -0.15) is 4.31 Å². The fourth-order valence-corrected chi connectivity index (χ4v) is 5.03. The van der Waals surface area contributed by atoms with Gasteiger partial charge >= 0.3 is 0 Å². The summed E-state index contributed by atoms with van der Waals surface area (Å²) in [5.74, 6) is 0.591. The van der Waals surface area contributed by atoms with Crippen molar-refractivity contribution < 1.29 is 32.2 Å². The Hall–Kier alpha value is -2.89. The summed E-state index contributed by atoms with van der Waals surface area (Å²) in [4.78, 5) is 17.1. The molecule has 1 fully saturated rings. The van der Waals surface area contributed by atoms with Crippen molar-refractivity contribution >= 4 is 21.6 Å². The van der Waals surface area contributed by atoms with Gasteiger partial charge in [-0.05, 0) is 37.1 Å². The fraction of sp³-hybridized carbons (Fsp3) is 0.455. The first-order valence-electron chi connectivity index (χ1n) is 10.5. The highest BCUT2D eigenvalue weighted by molar-refractivity contribution is 7.89. The van der Waals surface area contributed by atoms with Crippen molar-refractivity contribution in [1.82, 2.24) is 9.29 Å². The average Bonchev–Trinajstić information content (AvgIpc) is 2.84. The van der Waals surface area contributed by atoms with E-state index in [1.54, 1.807) is 31.5 Å². The van der Waals surface area contributed by atoms with Crippen molar-refractivity contribution in [2.24, 2.45) is 5.92 Å². The summed E-state index contributed by atoms with van der Waals surface area (Å²) in [6, 6.07) is 7.91. The van der Waals surface area contributed by atoms with Crippen LogP contribution in [0.15, 0.2) is 41.4 Å². The molecule has 1 aromatic heterocycles. The standard InChI is InChI=1S/C22H29N3O7S/c1-29-13-14-32-22-18(5-4-10-23-22)24-21(26)16-8-11-25(12-9-16)33(27,28)17-6-7-19(30-2)20(15-17)31-3/h4-7,10,15-16H,8-9,11-14H2,1-3H3,(H,24,26). The molecule has 1 N–H and O–H groups in total. The molecule has 180 valence electrons. The summed E-state index contributed by atoms with van der Waals surface area (Å²) in [5.41, 5.74) is 0.471.